The maximum absolute atomic E-state index is 11.5. The molecule has 0 fully saturated rings. The minimum Gasteiger partial charge on any atom is -0.479 e. The molecule has 5 heteroatoms. The number of ketones is 1. The van der Waals surface area contributed by atoms with E-state index in [-0.39, 0.29) is 18.0 Å². The Morgan fingerprint density at radius 2 is 2.00 bits per heavy atom. The minimum absolute atomic E-state index is 0.134. The molecular formula is C12H14O5. The summed E-state index contributed by atoms with van der Waals surface area (Å²) in [6.45, 7) is 1.32. The lowest BCUT2D eigenvalue weighted by Gasteiger charge is -2.10. The number of carbonyl (C=O) groups is 2. The van der Waals surface area contributed by atoms with Crippen molar-refractivity contribution in [2.24, 2.45) is 0 Å². The number of benzene rings is 1. The van der Waals surface area contributed by atoms with Gasteiger partial charge in [0.1, 0.15) is 0 Å². The fourth-order valence-electron chi connectivity index (χ4n) is 1.52. The monoisotopic (exact) mass is 238 g/mol. The summed E-state index contributed by atoms with van der Waals surface area (Å²) in [5, 5.41) is 27.1. The van der Waals surface area contributed by atoms with Gasteiger partial charge in [0.25, 0.3) is 0 Å². The van der Waals surface area contributed by atoms with Crippen molar-refractivity contribution in [1.29, 1.82) is 0 Å². The molecule has 0 spiro atoms. The van der Waals surface area contributed by atoms with Gasteiger partial charge in [0.15, 0.2) is 11.9 Å². The number of rotatable bonds is 5. The van der Waals surface area contributed by atoms with Crippen LogP contribution in [0.25, 0.3) is 0 Å². The maximum Gasteiger partial charge on any atom is 0.337 e. The molecule has 0 aliphatic heterocycles. The quantitative estimate of drug-likeness (QED) is 0.662. The summed E-state index contributed by atoms with van der Waals surface area (Å²) in [5.41, 5.74) is 0.834. The second-order valence-electron chi connectivity index (χ2n) is 3.59. The molecule has 1 aromatic carbocycles. The van der Waals surface area contributed by atoms with E-state index in [1.54, 1.807) is 6.92 Å². The van der Waals surface area contributed by atoms with Crippen molar-refractivity contribution in [2.45, 2.75) is 26.1 Å². The van der Waals surface area contributed by atoms with Crippen LogP contribution in [0.15, 0.2) is 18.2 Å². The van der Waals surface area contributed by atoms with Gasteiger partial charge in [0.2, 0.25) is 0 Å². The summed E-state index contributed by atoms with van der Waals surface area (Å²) in [4.78, 5) is 22.1. The Balaban J connectivity index is 3.17. The molecule has 1 unspecified atom stereocenters. The molecule has 5 nitrogen and oxygen atoms in total. The summed E-state index contributed by atoms with van der Waals surface area (Å²) in [6, 6.07) is 4.14. The summed E-state index contributed by atoms with van der Waals surface area (Å²) < 4.78 is 0. The Labute approximate surface area is 98.3 Å². The third kappa shape index (κ3) is 2.89. The SMILES string of the molecule is CCC(=O)c1ccc(C(O)C(=O)O)cc1CO. The summed E-state index contributed by atoms with van der Waals surface area (Å²) in [6.07, 6.45) is -1.35. The smallest absolute Gasteiger partial charge is 0.337 e. The van der Waals surface area contributed by atoms with Crippen molar-refractivity contribution in [3.8, 4) is 0 Å². The van der Waals surface area contributed by atoms with Crippen molar-refractivity contribution in [1.82, 2.24) is 0 Å². The fraction of sp³-hybridized carbons (Fsp3) is 0.333. The molecule has 1 atom stereocenters. The van der Waals surface area contributed by atoms with Gasteiger partial charge < -0.3 is 15.3 Å². The normalized spacial score (nSPS) is 12.2. The van der Waals surface area contributed by atoms with Crippen LogP contribution in [0, 0.1) is 0 Å². The fourth-order valence-corrected chi connectivity index (χ4v) is 1.52. The summed E-state index contributed by atoms with van der Waals surface area (Å²) in [7, 11) is 0. The molecule has 1 rings (SSSR count). The van der Waals surface area contributed by atoms with Crippen LogP contribution in [0.3, 0.4) is 0 Å². The number of aliphatic hydroxyl groups is 2. The topological polar surface area (TPSA) is 94.8 Å². The van der Waals surface area contributed by atoms with E-state index < -0.39 is 12.1 Å². The number of carboxylic acid groups (broad SMARTS) is 1. The van der Waals surface area contributed by atoms with E-state index in [1.165, 1.54) is 18.2 Å². The van der Waals surface area contributed by atoms with Gasteiger partial charge in [-0.2, -0.15) is 0 Å². The van der Waals surface area contributed by atoms with E-state index >= 15 is 0 Å². The molecular weight excluding hydrogens is 224 g/mol. The van der Waals surface area contributed by atoms with Gasteiger partial charge in [-0.25, -0.2) is 4.79 Å². The van der Waals surface area contributed by atoms with Crippen molar-refractivity contribution in [3.05, 3.63) is 34.9 Å². The zero-order valence-corrected chi connectivity index (χ0v) is 9.38. The molecule has 0 aliphatic carbocycles. The number of hydrogen-bond acceptors (Lipinski definition) is 4. The lowest BCUT2D eigenvalue weighted by Crippen LogP contribution is -2.12. The molecule has 0 bridgehead atoms. The highest BCUT2D eigenvalue weighted by Gasteiger charge is 2.18. The highest BCUT2D eigenvalue weighted by molar-refractivity contribution is 5.97. The predicted molar refractivity (Wildman–Crippen MR) is 59.6 cm³/mol. The number of aliphatic carboxylic acids is 1. The average Bonchev–Trinajstić information content (AvgIpc) is 2.35. The van der Waals surface area contributed by atoms with Crippen molar-refractivity contribution >= 4 is 11.8 Å². The van der Waals surface area contributed by atoms with Gasteiger partial charge in [-0.1, -0.05) is 19.1 Å². The number of carbonyl (C=O) groups excluding carboxylic acids is 1. The Kier molecular flexibility index (Phi) is 4.37. The van der Waals surface area contributed by atoms with Gasteiger partial charge in [0, 0.05) is 12.0 Å². The molecule has 3 N–H and O–H groups in total. The van der Waals surface area contributed by atoms with Crippen molar-refractivity contribution in [2.75, 3.05) is 0 Å². The van der Waals surface area contributed by atoms with Crippen LogP contribution >= 0.6 is 0 Å². The van der Waals surface area contributed by atoms with E-state index in [2.05, 4.69) is 0 Å². The molecule has 0 radical (unpaired) electrons. The number of Topliss-reactive ketones (excluding diaryl/α,β-unsaturated/α-hetero) is 1. The van der Waals surface area contributed by atoms with Gasteiger partial charge in [-0.05, 0) is 17.2 Å². The lowest BCUT2D eigenvalue weighted by atomic mass is 9.98. The standard InChI is InChI=1S/C12H14O5/c1-2-10(14)9-4-3-7(5-8(9)6-13)11(15)12(16)17/h3-5,11,13,15H,2,6H2,1H3,(H,16,17). The molecule has 0 aliphatic rings. The van der Waals surface area contributed by atoms with Crippen LogP contribution < -0.4 is 0 Å². The Morgan fingerprint density at radius 3 is 2.47 bits per heavy atom. The first-order chi connectivity index (χ1) is 8.01. The van der Waals surface area contributed by atoms with Gasteiger partial charge in [0.05, 0.1) is 6.61 Å². The van der Waals surface area contributed by atoms with Crippen LogP contribution in [-0.4, -0.2) is 27.1 Å². The molecule has 0 amide bonds. The first-order valence-corrected chi connectivity index (χ1v) is 5.19. The minimum atomic E-state index is -1.65. The zero-order valence-electron chi connectivity index (χ0n) is 9.38. The van der Waals surface area contributed by atoms with Crippen LogP contribution in [0.1, 0.15) is 40.9 Å². The zero-order chi connectivity index (χ0) is 13.0. The number of carboxylic acids is 1. The van der Waals surface area contributed by atoms with Crippen LogP contribution in [0.4, 0.5) is 0 Å². The van der Waals surface area contributed by atoms with E-state index in [0.29, 0.717) is 17.5 Å². The Bertz CT molecular complexity index is 439. The third-order valence-corrected chi connectivity index (χ3v) is 2.47. The van der Waals surface area contributed by atoms with Crippen molar-refractivity contribution < 1.29 is 24.9 Å². The first-order valence-electron chi connectivity index (χ1n) is 5.19. The molecule has 0 saturated carbocycles. The second kappa shape index (κ2) is 5.56. The predicted octanol–water partition coefficient (Wildman–Crippen LogP) is 0.890. The van der Waals surface area contributed by atoms with E-state index in [0.717, 1.165) is 0 Å². The van der Waals surface area contributed by atoms with Crippen molar-refractivity contribution in [3.63, 3.8) is 0 Å². The molecule has 92 valence electrons. The number of aliphatic hydroxyl groups excluding tert-OH is 2. The van der Waals surface area contributed by atoms with Crippen LogP contribution in [0.5, 0.6) is 0 Å². The molecule has 0 saturated heterocycles. The highest BCUT2D eigenvalue weighted by atomic mass is 16.4. The summed E-state index contributed by atoms with van der Waals surface area (Å²) >= 11 is 0. The van der Waals surface area contributed by atoms with Gasteiger partial charge in [-0.3, -0.25) is 4.79 Å². The summed E-state index contributed by atoms with van der Waals surface area (Å²) in [5.74, 6) is -1.51. The lowest BCUT2D eigenvalue weighted by molar-refractivity contribution is -0.146. The van der Waals surface area contributed by atoms with E-state index in [4.69, 9.17) is 10.2 Å². The Hall–Kier alpha value is -1.72. The molecule has 17 heavy (non-hydrogen) atoms. The largest absolute Gasteiger partial charge is 0.479 e. The molecule has 0 heterocycles. The van der Waals surface area contributed by atoms with Crippen LogP contribution in [0.2, 0.25) is 0 Å². The first kappa shape index (κ1) is 13.3. The average molecular weight is 238 g/mol. The maximum atomic E-state index is 11.5. The van der Waals surface area contributed by atoms with Gasteiger partial charge in [-0.15, -0.1) is 0 Å². The van der Waals surface area contributed by atoms with Gasteiger partial charge >= 0.3 is 5.97 Å². The van der Waals surface area contributed by atoms with Crippen LogP contribution in [-0.2, 0) is 11.4 Å². The second-order valence-corrected chi connectivity index (χ2v) is 3.59. The van der Waals surface area contributed by atoms with E-state index in [1.807, 2.05) is 0 Å². The third-order valence-electron chi connectivity index (χ3n) is 2.47. The Morgan fingerprint density at radius 1 is 1.35 bits per heavy atom. The molecule has 0 aromatic heterocycles. The molecule has 1 aromatic rings. The number of hydrogen-bond donors (Lipinski definition) is 3. The highest BCUT2D eigenvalue weighted by Crippen LogP contribution is 2.19. The van der Waals surface area contributed by atoms with E-state index in [9.17, 15) is 14.7 Å².